The third-order valence-corrected chi connectivity index (χ3v) is 3.63. The highest BCUT2D eigenvalue weighted by molar-refractivity contribution is 7.99. The average Bonchev–Trinajstić information content (AvgIpc) is 2.87. The Bertz CT molecular complexity index is 616. The van der Waals surface area contributed by atoms with E-state index in [0.29, 0.717) is 17.1 Å². The average molecular weight is 287 g/mol. The molecular weight excluding hydrogens is 270 g/mol. The van der Waals surface area contributed by atoms with Gasteiger partial charge in [0.2, 0.25) is 0 Å². The smallest absolute Gasteiger partial charge is 0.165 e. The lowest BCUT2D eigenvalue weighted by Gasteiger charge is -2.08. The number of nitrogens with zero attached hydrogens (tertiary/aromatic N) is 3. The lowest BCUT2D eigenvalue weighted by atomic mass is 10.2. The van der Waals surface area contributed by atoms with E-state index in [-0.39, 0.29) is 0 Å². The molecule has 2 rings (SSSR count). The molecule has 0 aliphatic carbocycles. The molecule has 1 heterocycles. The number of aromatic nitrogens is 2. The second-order valence-corrected chi connectivity index (χ2v) is 5.52. The molecule has 0 saturated heterocycles. The molecule has 0 N–H and O–H groups in total. The van der Waals surface area contributed by atoms with E-state index in [1.54, 1.807) is 18.0 Å². The van der Waals surface area contributed by atoms with Gasteiger partial charge >= 0.3 is 0 Å². The highest BCUT2D eigenvalue weighted by Gasteiger charge is 2.11. The molecule has 0 unspecified atom stereocenters. The SMILES string of the molecule is CCCn1cc(Oc2cccc(SCC)c2C#N)cn1. The summed E-state index contributed by atoms with van der Waals surface area (Å²) in [5.41, 5.74) is 0.586. The van der Waals surface area contributed by atoms with Crippen molar-refractivity contribution >= 4 is 11.8 Å². The van der Waals surface area contributed by atoms with E-state index in [0.717, 1.165) is 23.6 Å². The van der Waals surface area contributed by atoms with Crippen molar-refractivity contribution in [1.82, 2.24) is 9.78 Å². The zero-order chi connectivity index (χ0) is 14.4. The number of hydrogen-bond acceptors (Lipinski definition) is 4. The van der Waals surface area contributed by atoms with Crippen LogP contribution in [0.2, 0.25) is 0 Å². The van der Waals surface area contributed by atoms with Crippen LogP contribution < -0.4 is 4.74 Å². The lowest BCUT2D eigenvalue weighted by molar-refractivity contribution is 0.477. The van der Waals surface area contributed by atoms with Gasteiger partial charge in [0, 0.05) is 11.4 Å². The van der Waals surface area contributed by atoms with Gasteiger partial charge in [-0.3, -0.25) is 4.68 Å². The first-order valence-corrected chi connectivity index (χ1v) is 7.63. The monoisotopic (exact) mass is 287 g/mol. The minimum absolute atomic E-state index is 0.585. The van der Waals surface area contributed by atoms with Crippen LogP contribution in [0.1, 0.15) is 25.8 Å². The van der Waals surface area contributed by atoms with Gasteiger partial charge in [-0.15, -0.1) is 11.8 Å². The number of aryl methyl sites for hydroxylation is 1. The molecule has 0 bridgehead atoms. The summed E-state index contributed by atoms with van der Waals surface area (Å²) in [7, 11) is 0. The Morgan fingerprint density at radius 2 is 2.25 bits per heavy atom. The maximum absolute atomic E-state index is 9.33. The molecule has 0 fully saturated rings. The molecule has 0 radical (unpaired) electrons. The van der Waals surface area contributed by atoms with Crippen LogP contribution in [0.5, 0.6) is 11.5 Å². The van der Waals surface area contributed by atoms with Gasteiger partial charge in [0.05, 0.1) is 12.4 Å². The molecule has 1 aromatic heterocycles. The summed E-state index contributed by atoms with van der Waals surface area (Å²) < 4.78 is 7.63. The molecule has 2 aromatic rings. The summed E-state index contributed by atoms with van der Waals surface area (Å²) in [6.07, 6.45) is 4.55. The van der Waals surface area contributed by atoms with Gasteiger partial charge in [-0.1, -0.05) is 19.9 Å². The first-order chi connectivity index (χ1) is 9.78. The third kappa shape index (κ3) is 3.34. The van der Waals surface area contributed by atoms with Crippen LogP contribution >= 0.6 is 11.8 Å². The molecular formula is C15H17N3OS. The van der Waals surface area contributed by atoms with E-state index in [1.165, 1.54) is 0 Å². The highest BCUT2D eigenvalue weighted by atomic mass is 32.2. The minimum atomic E-state index is 0.585. The van der Waals surface area contributed by atoms with Gasteiger partial charge in [0.1, 0.15) is 17.4 Å². The minimum Gasteiger partial charge on any atom is -0.453 e. The fourth-order valence-electron chi connectivity index (χ4n) is 1.86. The summed E-state index contributed by atoms with van der Waals surface area (Å²) in [6, 6.07) is 7.89. The first-order valence-electron chi connectivity index (χ1n) is 6.64. The topological polar surface area (TPSA) is 50.8 Å². The van der Waals surface area contributed by atoms with Crippen molar-refractivity contribution in [3.63, 3.8) is 0 Å². The van der Waals surface area contributed by atoms with E-state index < -0.39 is 0 Å². The predicted molar refractivity (Wildman–Crippen MR) is 80.1 cm³/mol. The van der Waals surface area contributed by atoms with Crippen LogP contribution in [-0.4, -0.2) is 15.5 Å². The third-order valence-electron chi connectivity index (χ3n) is 2.69. The van der Waals surface area contributed by atoms with Gasteiger partial charge in [0.15, 0.2) is 5.75 Å². The van der Waals surface area contributed by atoms with Gasteiger partial charge < -0.3 is 4.74 Å². The van der Waals surface area contributed by atoms with Crippen molar-refractivity contribution in [3.05, 3.63) is 36.2 Å². The van der Waals surface area contributed by atoms with Crippen molar-refractivity contribution in [1.29, 1.82) is 5.26 Å². The van der Waals surface area contributed by atoms with Crippen molar-refractivity contribution in [3.8, 4) is 17.6 Å². The van der Waals surface area contributed by atoms with Gasteiger partial charge in [0.25, 0.3) is 0 Å². The Balaban J connectivity index is 2.24. The number of thioether (sulfide) groups is 1. The fraction of sp³-hybridized carbons (Fsp3) is 0.333. The summed E-state index contributed by atoms with van der Waals surface area (Å²) in [5.74, 6) is 2.17. The van der Waals surface area contributed by atoms with Crippen molar-refractivity contribution in [2.45, 2.75) is 31.7 Å². The largest absolute Gasteiger partial charge is 0.453 e. The number of ether oxygens (including phenoxy) is 1. The van der Waals surface area contributed by atoms with Crippen molar-refractivity contribution in [2.75, 3.05) is 5.75 Å². The molecule has 104 valence electrons. The maximum Gasteiger partial charge on any atom is 0.165 e. The lowest BCUT2D eigenvalue weighted by Crippen LogP contribution is -1.95. The standard InChI is InChI=1S/C15H17N3OS/c1-3-8-18-11-12(10-17-18)19-14-6-5-7-15(20-4-2)13(14)9-16/h5-7,10-11H,3-4,8H2,1-2H3. The van der Waals surface area contributed by atoms with E-state index in [9.17, 15) is 5.26 Å². The Labute approximate surface area is 123 Å². The molecule has 0 aliphatic heterocycles. The second-order valence-electron chi connectivity index (χ2n) is 4.22. The summed E-state index contributed by atoms with van der Waals surface area (Å²) in [4.78, 5) is 0.952. The number of benzene rings is 1. The Morgan fingerprint density at radius 3 is 2.95 bits per heavy atom. The molecule has 4 nitrogen and oxygen atoms in total. The fourth-order valence-corrected chi connectivity index (χ4v) is 2.63. The zero-order valence-corrected chi connectivity index (χ0v) is 12.5. The molecule has 20 heavy (non-hydrogen) atoms. The Hall–Kier alpha value is -1.93. The first kappa shape index (κ1) is 14.5. The van der Waals surface area contributed by atoms with Crippen LogP contribution in [0.15, 0.2) is 35.5 Å². The van der Waals surface area contributed by atoms with E-state index >= 15 is 0 Å². The van der Waals surface area contributed by atoms with Gasteiger partial charge in [-0.25, -0.2) is 0 Å². The molecule has 0 spiro atoms. The molecule has 5 heteroatoms. The van der Waals surface area contributed by atoms with Crippen molar-refractivity contribution < 1.29 is 4.74 Å². The van der Waals surface area contributed by atoms with Crippen LogP contribution in [0.25, 0.3) is 0 Å². The highest BCUT2D eigenvalue weighted by Crippen LogP contribution is 2.32. The quantitative estimate of drug-likeness (QED) is 0.751. The number of nitriles is 1. The van der Waals surface area contributed by atoms with E-state index in [2.05, 4.69) is 25.0 Å². The van der Waals surface area contributed by atoms with Gasteiger partial charge in [-0.05, 0) is 24.3 Å². The predicted octanol–water partition coefficient (Wildman–Crippen LogP) is 4.07. The normalized spacial score (nSPS) is 10.2. The number of hydrogen-bond donors (Lipinski definition) is 0. The van der Waals surface area contributed by atoms with E-state index in [4.69, 9.17) is 4.74 Å². The van der Waals surface area contributed by atoms with Crippen LogP contribution in [-0.2, 0) is 6.54 Å². The zero-order valence-electron chi connectivity index (χ0n) is 11.7. The Morgan fingerprint density at radius 1 is 1.40 bits per heavy atom. The Kier molecular flexibility index (Phi) is 5.08. The molecule has 0 amide bonds. The summed E-state index contributed by atoms with van der Waals surface area (Å²) >= 11 is 1.64. The van der Waals surface area contributed by atoms with E-state index in [1.807, 2.05) is 29.1 Å². The van der Waals surface area contributed by atoms with Crippen molar-refractivity contribution in [2.24, 2.45) is 0 Å². The van der Waals surface area contributed by atoms with Gasteiger partial charge in [-0.2, -0.15) is 10.4 Å². The number of rotatable bonds is 6. The summed E-state index contributed by atoms with van der Waals surface area (Å²) in [5, 5.41) is 13.5. The van der Waals surface area contributed by atoms with Crippen LogP contribution in [0.3, 0.4) is 0 Å². The second kappa shape index (κ2) is 7.01. The summed E-state index contributed by atoms with van der Waals surface area (Å²) in [6.45, 7) is 5.02. The maximum atomic E-state index is 9.33. The van der Waals surface area contributed by atoms with Crippen LogP contribution in [0.4, 0.5) is 0 Å². The van der Waals surface area contributed by atoms with Crippen LogP contribution in [0, 0.1) is 11.3 Å². The molecule has 0 saturated carbocycles. The molecule has 0 atom stereocenters. The molecule has 0 aliphatic rings. The molecule has 1 aromatic carbocycles.